The van der Waals surface area contributed by atoms with Gasteiger partial charge in [0.1, 0.15) is 0 Å². The van der Waals surface area contributed by atoms with Gasteiger partial charge in [0.05, 0.1) is 18.6 Å². The van der Waals surface area contributed by atoms with E-state index in [0.29, 0.717) is 12.0 Å². The number of aromatic nitrogens is 2. The highest BCUT2D eigenvalue weighted by Crippen LogP contribution is 2.21. The molecular formula is C13H25N3O. The number of methoxy groups -OCH3 is 1. The van der Waals surface area contributed by atoms with E-state index >= 15 is 0 Å². The Morgan fingerprint density at radius 2 is 2.24 bits per heavy atom. The predicted molar refractivity (Wildman–Crippen MR) is 70.0 cm³/mol. The molecule has 0 spiro atoms. The minimum absolute atomic E-state index is 0.551. The summed E-state index contributed by atoms with van der Waals surface area (Å²) in [6.07, 6.45) is 5.24. The number of hydrogen-bond acceptors (Lipinski definition) is 3. The molecule has 1 aromatic rings. The van der Waals surface area contributed by atoms with Crippen molar-refractivity contribution in [2.75, 3.05) is 20.3 Å². The minimum atomic E-state index is 0.551. The van der Waals surface area contributed by atoms with Crippen LogP contribution in [0.4, 0.5) is 0 Å². The average molecular weight is 239 g/mol. The molecule has 0 amide bonds. The Labute approximate surface area is 104 Å². The first kappa shape index (κ1) is 14.2. The number of ether oxygens (including phenoxy) is 1. The van der Waals surface area contributed by atoms with Crippen LogP contribution < -0.4 is 5.32 Å². The van der Waals surface area contributed by atoms with E-state index in [-0.39, 0.29) is 0 Å². The quantitative estimate of drug-likeness (QED) is 0.707. The third-order valence-electron chi connectivity index (χ3n) is 3.01. The van der Waals surface area contributed by atoms with E-state index in [1.807, 2.05) is 6.33 Å². The van der Waals surface area contributed by atoms with Crippen LogP contribution in [0.3, 0.4) is 0 Å². The predicted octanol–water partition coefficient (Wildman–Crippen LogP) is 2.23. The van der Waals surface area contributed by atoms with Crippen molar-refractivity contribution in [2.45, 2.75) is 39.8 Å². The average Bonchev–Trinajstić information content (AvgIpc) is 2.74. The smallest absolute Gasteiger partial charge is 0.0952 e. The van der Waals surface area contributed by atoms with Crippen molar-refractivity contribution in [3.63, 3.8) is 0 Å². The molecule has 1 unspecified atom stereocenters. The van der Waals surface area contributed by atoms with Gasteiger partial charge in [0, 0.05) is 32.4 Å². The lowest BCUT2D eigenvalue weighted by Gasteiger charge is -2.20. The van der Waals surface area contributed by atoms with Crippen molar-refractivity contribution in [1.29, 1.82) is 0 Å². The van der Waals surface area contributed by atoms with Crippen molar-refractivity contribution in [3.8, 4) is 0 Å². The molecule has 1 atom stereocenters. The second-order valence-electron chi connectivity index (χ2n) is 4.70. The molecule has 1 aromatic heterocycles. The van der Waals surface area contributed by atoms with E-state index < -0.39 is 0 Å². The fourth-order valence-electron chi connectivity index (χ4n) is 2.07. The molecule has 0 saturated heterocycles. The van der Waals surface area contributed by atoms with Crippen LogP contribution in [0.25, 0.3) is 0 Å². The number of rotatable bonds is 8. The summed E-state index contributed by atoms with van der Waals surface area (Å²) in [7, 11) is 1.71. The number of imidazole rings is 1. The van der Waals surface area contributed by atoms with Gasteiger partial charge in [-0.15, -0.1) is 0 Å². The maximum Gasteiger partial charge on any atom is 0.0952 e. The zero-order valence-electron chi connectivity index (χ0n) is 11.4. The van der Waals surface area contributed by atoms with E-state index in [0.717, 1.165) is 31.8 Å². The van der Waals surface area contributed by atoms with Gasteiger partial charge in [-0.1, -0.05) is 20.8 Å². The Bertz CT molecular complexity index is 309. The molecule has 17 heavy (non-hydrogen) atoms. The molecular weight excluding hydrogens is 214 g/mol. The Hall–Kier alpha value is -0.870. The van der Waals surface area contributed by atoms with Crippen LogP contribution in [0.2, 0.25) is 0 Å². The molecule has 0 bridgehead atoms. The molecule has 1 heterocycles. The normalized spacial score (nSPS) is 13.2. The first-order valence-electron chi connectivity index (χ1n) is 6.41. The fourth-order valence-corrected chi connectivity index (χ4v) is 2.07. The van der Waals surface area contributed by atoms with Crippen LogP contribution in [0.15, 0.2) is 12.5 Å². The molecule has 98 valence electrons. The fraction of sp³-hybridized carbons (Fsp3) is 0.769. The topological polar surface area (TPSA) is 39.1 Å². The van der Waals surface area contributed by atoms with Crippen molar-refractivity contribution < 1.29 is 4.74 Å². The molecule has 0 aliphatic heterocycles. The molecule has 0 fully saturated rings. The molecule has 0 saturated carbocycles. The zero-order chi connectivity index (χ0) is 12.7. The van der Waals surface area contributed by atoms with Crippen LogP contribution in [0.1, 0.15) is 38.9 Å². The lowest BCUT2D eigenvalue weighted by atomic mass is 10.0. The lowest BCUT2D eigenvalue weighted by Crippen LogP contribution is -2.18. The van der Waals surface area contributed by atoms with Crippen molar-refractivity contribution in [3.05, 3.63) is 18.2 Å². The molecule has 0 radical (unpaired) electrons. The van der Waals surface area contributed by atoms with Gasteiger partial charge in [-0.05, 0) is 12.3 Å². The summed E-state index contributed by atoms with van der Waals surface area (Å²) in [5.74, 6) is 0.642. The summed E-state index contributed by atoms with van der Waals surface area (Å²) in [4.78, 5) is 4.42. The lowest BCUT2D eigenvalue weighted by molar-refractivity contribution is 0.199. The monoisotopic (exact) mass is 239 g/mol. The highest BCUT2D eigenvalue weighted by Gasteiger charge is 2.13. The Morgan fingerprint density at radius 3 is 2.82 bits per heavy atom. The van der Waals surface area contributed by atoms with Gasteiger partial charge in [0.2, 0.25) is 0 Å². The Morgan fingerprint density at radius 1 is 1.47 bits per heavy atom. The molecule has 0 aromatic carbocycles. The van der Waals surface area contributed by atoms with E-state index in [2.05, 4.69) is 41.8 Å². The van der Waals surface area contributed by atoms with Crippen LogP contribution in [0.5, 0.6) is 0 Å². The third-order valence-corrected chi connectivity index (χ3v) is 3.01. The third kappa shape index (κ3) is 4.48. The molecule has 1 N–H and O–H groups in total. The summed E-state index contributed by atoms with van der Waals surface area (Å²) in [6.45, 7) is 9.15. The summed E-state index contributed by atoms with van der Waals surface area (Å²) in [5.41, 5.74) is 1.10. The molecule has 0 aliphatic carbocycles. The maximum absolute atomic E-state index is 4.98. The largest absolute Gasteiger partial charge is 0.383 e. The van der Waals surface area contributed by atoms with E-state index in [9.17, 15) is 0 Å². The Balaban J connectivity index is 2.46. The Kier molecular flexibility index (Phi) is 6.22. The highest BCUT2D eigenvalue weighted by molar-refractivity contribution is 4.98. The summed E-state index contributed by atoms with van der Waals surface area (Å²) >= 11 is 0. The summed E-state index contributed by atoms with van der Waals surface area (Å²) < 4.78 is 7.22. The van der Waals surface area contributed by atoms with Gasteiger partial charge in [-0.25, -0.2) is 4.98 Å². The second kappa shape index (κ2) is 7.45. The molecule has 1 rings (SSSR count). The first-order valence-corrected chi connectivity index (χ1v) is 6.41. The number of nitrogens with zero attached hydrogens (tertiary/aromatic N) is 2. The van der Waals surface area contributed by atoms with Crippen molar-refractivity contribution in [2.24, 2.45) is 5.92 Å². The maximum atomic E-state index is 4.98. The van der Waals surface area contributed by atoms with Gasteiger partial charge in [-0.2, -0.15) is 0 Å². The van der Waals surface area contributed by atoms with Crippen LogP contribution in [-0.2, 0) is 11.3 Å². The highest BCUT2D eigenvalue weighted by atomic mass is 16.5. The summed E-state index contributed by atoms with van der Waals surface area (Å²) in [6, 6.07) is 0.551. The van der Waals surface area contributed by atoms with Gasteiger partial charge in [0.15, 0.2) is 0 Å². The minimum Gasteiger partial charge on any atom is -0.383 e. The van der Waals surface area contributed by atoms with E-state index in [1.54, 1.807) is 7.11 Å². The van der Waals surface area contributed by atoms with E-state index in [1.165, 1.54) is 0 Å². The van der Waals surface area contributed by atoms with Gasteiger partial charge < -0.3 is 14.6 Å². The van der Waals surface area contributed by atoms with Crippen molar-refractivity contribution in [1.82, 2.24) is 14.9 Å². The van der Waals surface area contributed by atoms with Gasteiger partial charge >= 0.3 is 0 Å². The summed E-state index contributed by atoms with van der Waals surface area (Å²) in [5, 5.41) is 3.30. The zero-order valence-corrected chi connectivity index (χ0v) is 11.4. The van der Waals surface area contributed by atoms with E-state index in [4.69, 9.17) is 4.74 Å². The van der Waals surface area contributed by atoms with Crippen LogP contribution in [0, 0.1) is 5.92 Å². The number of hydrogen-bond donors (Lipinski definition) is 1. The van der Waals surface area contributed by atoms with Gasteiger partial charge in [-0.3, -0.25) is 0 Å². The first-order chi connectivity index (χ1) is 8.19. The SMILES string of the molecule is CCC(C(C)C)n1cnc(CNCCOC)c1. The molecule has 4 nitrogen and oxygen atoms in total. The van der Waals surface area contributed by atoms with Crippen LogP contribution in [-0.4, -0.2) is 29.8 Å². The second-order valence-corrected chi connectivity index (χ2v) is 4.70. The van der Waals surface area contributed by atoms with Crippen LogP contribution >= 0.6 is 0 Å². The molecule has 4 heteroatoms. The standard InChI is InChI=1S/C13H25N3O/c1-5-13(11(2)3)16-9-12(15-10-16)8-14-6-7-17-4/h9-11,13-14H,5-8H2,1-4H3. The van der Waals surface area contributed by atoms with Crippen molar-refractivity contribution >= 4 is 0 Å². The number of nitrogens with one attached hydrogen (secondary N) is 1. The van der Waals surface area contributed by atoms with Gasteiger partial charge in [0.25, 0.3) is 0 Å². The molecule has 0 aliphatic rings.